The molecule has 0 amide bonds. The Morgan fingerprint density at radius 2 is 1.60 bits per heavy atom. The first-order valence-corrected chi connectivity index (χ1v) is 12.3. The number of hydrogen-bond acceptors (Lipinski definition) is 3. The second-order valence-corrected chi connectivity index (χ2v) is 12.6. The number of hydrogen-bond donors (Lipinski definition) is 0. The molecule has 0 N–H and O–H groups in total. The van der Waals surface area contributed by atoms with Gasteiger partial charge in [-0.25, -0.2) is 0 Å². The largest absolute Gasteiger partial charge is 0.437 e. The average molecular weight is 365 g/mol. The zero-order valence-electron chi connectivity index (χ0n) is 17.3. The molecule has 0 aliphatic heterocycles. The van der Waals surface area contributed by atoms with Gasteiger partial charge in [-0.15, -0.1) is 0 Å². The fourth-order valence-electron chi connectivity index (χ4n) is 1.76. The van der Waals surface area contributed by atoms with Crippen molar-refractivity contribution in [2.45, 2.75) is 97.4 Å². The summed E-state index contributed by atoms with van der Waals surface area (Å²) < 4.78 is 11.3. The Balaban J connectivity index is 4.34. The van der Waals surface area contributed by atoms with E-state index in [0.717, 1.165) is 32.3 Å². The third kappa shape index (κ3) is 11.9. The van der Waals surface area contributed by atoms with Crippen LogP contribution in [0.4, 0.5) is 0 Å². The van der Waals surface area contributed by atoms with Crippen molar-refractivity contribution in [1.82, 2.24) is 0 Å². The van der Waals surface area contributed by atoms with Crippen LogP contribution in [0.25, 0.3) is 0 Å². The highest BCUT2D eigenvalue weighted by molar-refractivity contribution is 6.74. The molecule has 142 valence electrons. The van der Waals surface area contributed by atoms with Gasteiger partial charge in [-0.1, -0.05) is 52.4 Å². The molecule has 0 radical (unpaired) electrons. The normalized spacial score (nSPS) is 12.4. The minimum absolute atomic E-state index is 0.229. The summed E-state index contributed by atoms with van der Waals surface area (Å²) >= 11 is 0. The van der Waals surface area contributed by atoms with Crippen LogP contribution >= 0.6 is 0 Å². The van der Waals surface area contributed by atoms with Gasteiger partial charge in [0, 0.05) is 26.4 Å². The average Bonchev–Trinajstić information content (AvgIpc) is 2.48. The summed E-state index contributed by atoms with van der Waals surface area (Å²) in [6.45, 7) is 15.5. The van der Waals surface area contributed by atoms with Crippen molar-refractivity contribution >= 4 is 14.3 Å². The Kier molecular flexibility index (Phi) is 11.6. The SMILES string of the molecule is CCCCCC#C[C@@H](C#CCCCO[Si](C)(C)C(C)(C)C)OC(C)=O. The van der Waals surface area contributed by atoms with E-state index in [1.807, 2.05) is 0 Å². The smallest absolute Gasteiger partial charge is 0.304 e. The molecule has 0 aliphatic rings. The van der Waals surface area contributed by atoms with Crippen LogP contribution in [0.3, 0.4) is 0 Å². The predicted molar refractivity (Wildman–Crippen MR) is 108 cm³/mol. The van der Waals surface area contributed by atoms with E-state index < -0.39 is 14.4 Å². The molecular formula is C21H36O3Si. The van der Waals surface area contributed by atoms with E-state index in [-0.39, 0.29) is 11.0 Å². The molecule has 4 heteroatoms. The van der Waals surface area contributed by atoms with Crippen LogP contribution in [0.1, 0.15) is 73.1 Å². The Morgan fingerprint density at radius 3 is 2.08 bits per heavy atom. The lowest BCUT2D eigenvalue weighted by Crippen LogP contribution is -2.40. The summed E-state index contributed by atoms with van der Waals surface area (Å²) in [5.74, 6) is 11.7. The summed E-state index contributed by atoms with van der Waals surface area (Å²) in [5.41, 5.74) is 0. The van der Waals surface area contributed by atoms with Crippen LogP contribution in [-0.4, -0.2) is 27.0 Å². The fourth-order valence-corrected chi connectivity index (χ4v) is 2.85. The van der Waals surface area contributed by atoms with Gasteiger partial charge >= 0.3 is 5.97 Å². The Bertz CT molecular complexity index is 509. The third-order valence-corrected chi connectivity index (χ3v) is 8.91. The van der Waals surface area contributed by atoms with Crippen LogP contribution in [0.5, 0.6) is 0 Å². The zero-order chi connectivity index (χ0) is 19.3. The van der Waals surface area contributed by atoms with Gasteiger partial charge in [-0.05, 0) is 42.8 Å². The fraction of sp³-hybridized carbons (Fsp3) is 0.762. The molecule has 1 atom stereocenters. The van der Waals surface area contributed by atoms with Gasteiger partial charge in [0.05, 0.1) is 0 Å². The van der Waals surface area contributed by atoms with Crippen LogP contribution in [-0.2, 0) is 14.0 Å². The van der Waals surface area contributed by atoms with Gasteiger partial charge in [-0.3, -0.25) is 4.79 Å². The maximum absolute atomic E-state index is 11.2. The van der Waals surface area contributed by atoms with E-state index in [0.29, 0.717) is 0 Å². The summed E-state index contributed by atoms with van der Waals surface area (Å²) in [5, 5.41) is 0.229. The molecule has 0 aromatic rings. The van der Waals surface area contributed by atoms with Crippen LogP contribution in [0.2, 0.25) is 18.1 Å². The molecule has 0 rings (SSSR count). The summed E-state index contributed by atoms with van der Waals surface area (Å²) in [4.78, 5) is 11.2. The molecule has 0 saturated carbocycles. The molecular weight excluding hydrogens is 328 g/mol. The molecule has 0 spiro atoms. The summed E-state index contributed by atoms with van der Waals surface area (Å²) in [7, 11) is -1.68. The van der Waals surface area contributed by atoms with E-state index in [2.05, 4.69) is 64.5 Å². The van der Waals surface area contributed by atoms with Gasteiger partial charge in [-0.2, -0.15) is 0 Å². The van der Waals surface area contributed by atoms with Gasteiger partial charge in [0.1, 0.15) is 0 Å². The monoisotopic (exact) mass is 364 g/mol. The molecule has 0 saturated heterocycles. The predicted octanol–water partition coefficient (Wildman–Crippen LogP) is 5.31. The molecule has 25 heavy (non-hydrogen) atoms. The van der Waals surface area contributed by atoms with Crippen molar-refractivity contribution in [3.63, 3.8) is 0 Å². The van der Waals surface area contributed by atoms with Crippen molar-refractivity contribution in [3.05, 3.63) is 0 Å². The number of rotatable bonds is 8. The van der Waals surface area contributed by atoms with Crippen molar-refractivity contribution in [1.29, 1.82) is 0 Å². The number of ether oxygens (including phenoxy) is 1. The van der Waals surface area contributed by atoms with E-state index in [9.17, 15) is 4.79 Å². The minimum Gasteiger partial charge on any atom is -0.437 e. The first-order valence-electron chi connectivity index (χ1n) is 9.38. The topological polar surface area (TPSA) is 35.5 Å². The third-order valence-electron chi connectivity index (χ3n) is 4.37. The van der Waals surface area contributed by atoms with Gasteiger partial charge in [0.25, 0.3) is 0 Å². The van der Waals surface area contributed by atoms with E-state index in [4.69, 9.17) is 9.16 Å². The highest BCUT2D eigenvalue weighted by atomic mass is 28.4. The van der Waals surface area contributed by atoms with Gasteiger partial charge in [0.15, 0.2) is 8.32 Å². The van der Waals surface area contributed by atoms with E-state index in [1.165, 1.54) is 19.8 Å². The van der Waals surface area contributed by atoms with Crippen molar-refractivity contribution < 1.29 is 14.0 Å². The molecule has 0 heterocycles. The first-order chi connectivity index (χ1) is 11.6. The second kappa shape index (κ2) is 12.2. The second-order valence-electron chi connectivity index (χ2n) is 7.80. The molecule has 0 aliphatic carbocycles. The maximum Gasteiger partial charge on any atom is 0.304 e. The molecule has 0 unspecified atom stereocenters. The minimum atomic E-state index is -1.68. The Labute approximate surface area is 156 Å². The standard InChI is InChI=1S/C21H36O3Si/c1-8-9-10-11-13-16-20(24-19(2)22)17-14-12-15-18-23-25(6,7)21(3,4)5/h20H,8-12,15,18H2,1-7H3/t20-/m0/s1. The van der Waals surface area contributed by atoms with Crippen molar-refractivity contribution in [3.8, 4) is 23.7 Å². The molecule has 0 bridgehead atoms. The van der Waals surface area contributed by atoms with Crippen molar-refractivity contribution in [2.24, 2.45) is 0 Å². The zero-order valence-corrected chi connectivity index (χ0v) is 18.3. The highest BCUT2D eigenvalue weighted by Crippen LogP contribution is 2.36. The van der Waals surface area contributed by atoms with E-state index >= 15 is 0 Å². The van der Waals surface area contributed by atoms with Crippen LogP contribution in [0, 0.1) is 23.7 Å². The number of carbonyl (C=O) groups excluding carboxylic acids is 1. The van der Waals surface area contributed by atoms with Gasteiger partial charge < -0.3 is 9.16 Å². The van der Waals surface area contributed by atoms with Crippen LogP contribution < -0.4 is 0 Å². The van der Waals surface area contributed by atoms with Crippen molar-refractivity contribution in [2.75, 3.05) is 6.61 Å². The summed E-state index contributed by atoms with van der Waals surface area (Å²) in [6, 6.07) is 0. The highest BCUT2D eigenvalue weighted by Gasteiger charge is 2.36. The lowest BCUT2D eigenvalue weighted by molar-refractivity contribution is -0.141. The molecule has 0 aromatic carbocycles. The first kappa shape index (κ1) is 23.8. The number of unbranched alkanes of at least 4 members (excludes halogenated alkanes) is 4. The lowest BCUT2D eigenvalue weighted by Gasteiger charge is -2.36. The Morgan fingerprint density at radius 1 is 1.04 bits per heavy atom. The number of carbonyl (C=O) groups is 1. The molecule has 0 aromatic heterocycles. The Hall–Kier alpha value is -1.23. The quantitative estimate of drug-likeness (QED) is 0.253. The summed E-state index contributed by atoms with van der Waals surface area (Å²) in [6.07, 6.45) is 5.25. The number of esters is 1. The molecule has 3 nitrogen and oxygen atoms in total. The maximum atomic E-state index is 11.2. The van der Waals surface area contributed by atoms with Gasteiger partial charge in [0.2, 0.25) is 6.10 Å². The lowest BCUT2D eigenvalue weighted by atomic mass is 10.2. The van der Waals surface area contributed by atoms with Crippen LogP contribution in [0.15, 0.2) is 0 Å². The molecule has 0 fully saturated rings. The van der Waals surface area contributed by atoms with E-state index in [1.54, 1.807) is 0 Å².